The fourth-order valence-electron chi connectivity index (χ4n) is 1.86. The highest BCUT2D eigenvalue weighted by molar-refractivity contribution is 7.80. The molecular weight excluding hydrogens is 314 g/mol. The molecule has 0 amide bonds. The molecule has 1 aliphatic heterocycles. The minimum Gasteiger partial charge on any atom is -0.726 e. The molecule has 0 aliphatic carbocycles. The van der Waals surface area contributed by atoms with Crippen molar-refractivity contribution in [1.29, 1.82) is 0 Å². The van der Waals surface area contributed by atoms with Gasteiger partial charge in [-0.2, -0.15) is 8.42 Å². The molecule has 0 radical (unpaired) electrons. The van der Waals surface area contributed by atoms with Gasteiger partial charge in [-0.05, 0) is 6.42 Å². The largest absolute Gasteiger partial charge is 0.726 e. The predicted molar refractivity (Wildman–Crippen MR) is 71.4 cm³/mol. The molecule has 0 spiro atoms. The van der Waals surface area contributed by atoms with Gasteiger partial charge in [-0.15, -0.1) is 0 Å². The lowest BCUT2D eigenvalue weighted by Crippen LogP contribution is -2.41. The van der Waals surface area contributed by atoms with E-state index in [1.54, 1.807) is 0 Å². The Bertz CT molecular complexity index is 393. The minimum absolute atomic E-state index is 1.36. The van der Waals surface area contributed by atoms with E-state index in [0.29, 0.717) is 0 Å². The van der Waals surface area contributed by atoms with Crippen LogP contribution in [0.1, 0.15) is 32.6 Å². The van der Waals surface area contributed by atoms with Crippen LogP contribution in [0.4, 0.5) is 0 Å². The highest BCUT2D eigenvalue weighted by Gasteiger charge is 2.25. The molecule has 11 heteroatoms. The first kappa shape index (κ1) is 22.0. The van der Waals surface area contributed by atoms with Gasteiger partial charge in [0.05, 0.1) is 26.7 Å². The van der Waals surface area contributed by atoms with Crippen molar-refractivity contribution in [3.05, 3.63) is 0 Å². The van der Waals surface area contributed by atoms with Crippen molar-refractivity contribution in [2.24, 2.45) is 0 Å². The van der Waals surface area contributed by atoms with Crippen molar-refractivity contribution >= 4 is 20.8 Å². The Morgan fingerprint density at radius 1 is 1.05 bits per heavy atom. The molecule has 9 nitrogen and oxygen atoms in total. The number of unbranched alkanes of at least 4 members (excludes halogenated alkanes) is 1. The molecule has 0 aromatic rings. The van der Waals surface area contributed by atoms with Crippen molar-refractivity contribution in [1.82, 2.24) is 0 Å². The smallest absolute Gasteiger partial charge is 0.394 e. The van der Waals surface area contributed by atoms with Crippen LogP contribution in [0.25, 0.3) is 0 Å². The standard InChI is InChI=1S/C9H20N.2H2O4S/c1-3-4-7-10(2)8-5-6-9-10;2*1-5(2,3)4/h3-9H2,1-2H3;2*(H2,1,2,3,4)/q+1;;/p-1. The molecule has 1 fully saturated rings. The van der Waals surface area contributed by atoms with Gasteiger partial charge in [-0.25, -0.2) is 8.42 Å². The molecule has 124 valence electrons. The minimum atomic E-state index is -4.92. The van der Waals surface area contributed by atoms with E-state index in [2.05, 4.69) is 14.0 Å². The van der Waals surface area contributed by atoms with Crippen LogP contribution in [0, 0.1) is 0 Å². The van der Waals surface area contributed by atoms with Crippen LogP contribution in [0.15, 0.2) is 0 Å². The van der Waals surface area contributed by atoms with E-state index in [4.69, 9.17) is 35.0 Å². The topological polar surface area (TPSA) is 152 Å². The van der Waals surface area contributed by atoms with Gasteiger partial charge < -0.3 is 9.04 Å². The van der Waals surface area contributed by atoms with Crippen LogP contribution < -0.4 is 0 Å². The van der Waals surface area contributed by atoms with E-state index < -0.39 is 20.8 Å². The van der Waals surface area contributed by atoms with E-state index in [-0.39, 0.29) is 0 Å². The molecular formula is C9H23NO8S2. The predicted octanol–water partition coefficient (Wildman–Crippen LogP) is 0.379. The lowest BCUT2D eigenvalue weighted by molar-refractivity contribution is -0.897. The first-order chi connectivity index (χ1) is 8.77. The molecule has 1 heterocycles. The molecule has 0 saturated carbocycles. The maximum absolute atomic E-state index is 8.74. The van der Waals surface area contributed by atoms with Crippen molar-refractivity contribution < 1.29 is 39.5 Å². The zero-order valence-corrected chi connectivity index (χ0v) is 13.2. The Morgan fingerprint density at radius 3 is 1.60 bits per heavy atom. The van der Waals surface area contributed by atoms with Crippen LogP contribution in [-0.2, 0) is 20.8 Å². The summed E-state index contributed by atoms with van der Waals surface area (Å²) in [5, 5.41) is 0. The Balaban J connectivity index is 0. The highest BCUT2D eigenvalue weighted by Crippen LogP contribution is 2.16. The van der Waals surface area contributed by atoms with Gasteiger partial charge in [0.25, 0.3) is 0 Å². The first-order valence-electron chi connectivity index (χ1n) is 5.98. The second kappa shape index (κ2) is 9.60. The van der Waals surface area contributed by atoms with Gasteiger partial charge >= 0.3 is 10.4 Å². The molecule has 3 N–H and O–H groups in total. The van der Waals surface area contributed by atoms with Gasteiger partial charge in [-0.1, -0.05) is 13.3 Å². The van der Waals surface area contributed by atoms with Crippen molar-refractivity contribution in [2.45, 2.75) is 32.6 Å². The monoisotopic (exact) mass is 337 g/mol. The number of nitrogens with zero attached hydrogens (tertiary/aromatic N) is 1. The molecule has 0 atom stereocenters. The Kier molecular flexibility index (Phi) is 10.6. The van der Waals surface area contributed by atoms with Crippen LogP contribution >= 0.6 is 0 Å². The molecule has 1 aliphatic rings. The summed E-state index contributed by atoms with van der Waals surface area (Å²) < 4.78 is 65.8. The Morgan fingerprint density at radius 2 is 1.35 bits per heavy atom. The van der Waals surface area contributed by atoms with Gasteiger partial charge in [0, 0.05) is 12.8 Å². The van der Waals surface area contributed by atoms with E-state index in [1.165, 1.54) is 49.8 Å². The quantitative estimate of drug-likeness (QED) is 0.379. The van der Waals surface area contributed by atoms with Gasteiger partial charge in [0.2, 0.25) is 10.4 Å². The summed E-state index contributed by atoms with van der Waals surface area (Å²) in [4.78, 5) is 0. The summed E-state index contributed by atoms with van der Waals surface area (Å²) in [6.45, 7) is 6.55. The maximum Gasteiger partial charge on any atom is 0.394 e. The highest BCUT2D eigenvalue weighted by atomic mass is 32.3. The van der Waals surface area contributed by atoms with Crippen molar-refractivity contribution in [3.8, 4) is 0 Å². The fourth-order valence-corrected chi connectivity index (χ4v) is 1.86. The number of rotatable bonds is 3. The number of hydrogen-bond donors (Lipinski definition) is 3. The molecule has 20 heavy (non-hydrogen) atoms. The summed E-state index contributed by atoms with van der Waals surface area (Å²) in [6, 6.07) is 0. The van der Waals surface area contributed by atoms with Crippen molar-refractivity contribution in [2.75, 3.05) is 26.7 Å². The van der Waals surface area contributed by atoms with Crippen LogP contribution in [0.5, 0.6) is 0 Å². The molecule has 1 rings (SSSR count). The molecule has 0 unspecified atom stereocenters. The zero-order valence-electron chi connectivity index (χ0n) is 11.6. The van der Waals surface area contributed by atoms with Gasteiger partial charge in [0.15, 0.2) is 0 Å². The fraction of sp³-hybridized carbons (Fsp3) is 1.00. The third kappa shape index (κ3) is 26.3. The van der Waals surface area contributed by atoms with Crippen molar-refractivity contribution in [3.63, 3.8) is 0 Å². The summed E-state index contributed by atoms with van der Waals surface area (Å²) in [5.74, 6) is 0. The Labute approximate surface area is 120 Å². The van der Waals surface area contributed by atoms with E-state index in [9.17, 15) is 0 Å². The average molecular weight is 337 g/mol. The van der Waals surface area contributed by atoms with Gasteiger partial charge in [0.1, 0.15) is 0 Å². The first-order valence-corrected chi connectivity index (χ1v) is 8.75. The molecule has 0 bridgehead atoms. The lowest BCUT2D eigenvalue weighted by atomic mass is 10.3. The molecule has 0 aromatic heterocycles. The SMILES string of the molecule is CCCC[N+]1(C)CCCC1.O=S(=O)(O)O.O=S(=O)([O-])O. The zero-order chi connectivity index (χ0) is 16.4. The lowest BCUT2D eigenvalue weighted by Gasteiger charge is -2.28. The molecule has 1 saturated heterocycles. The van der Waals surface area contributed by atoms with E-state index >= 15 is 0 Å². The van der Waals surface area contributed by atoms with Crippen LogP contribution in [-0.4, -0.2) is 66.2 Å². The molecule has 0 aromatic carbocycles. The maximum atomic E-state index is 8.74. The normalized spacial score (nSPS) is 17.5. The summed E-state index contributed by atoms with van der Waals surface area (Å²) >= 11 is 0. The Hall–Kier alpha value is -0.300. The van der Waals surface area contributed by atoms with E-state index in [0.717, 1.165) is 0 Å². The summed E-state index contributed by atoms with van der Waals surface area (Å²) in [6.07, 6.45) is 5.69. The third-order valence-corrected chi connectivity index (χ3v) is 2.70. The number of hydrogen-bond acceptors (Lipinski definition) is 5. The van der Waals surface area contributed by atoms with Crippen LogP contribution in [0.2, 0.25) is 0 Å². The summed E-state index contributed by atoms with van der Waals surface area (Å²) in [5.41, 5.74) is 0. The third-order valence-electron chi connectivity index (χ3n) is 2.70. The van der Waals surface area contributed by atoms with Crippen LogP contribution in [0.3, 0.4) is 0 Å². The summed E-state index contributed by atoms with van der Waals surface area (Å²) in [7, 11) is -7.18. The number of quaternary nitrogens is 1. The average Bonchev–Trinajstić information content (AvgIpc) is 2.57. The van der Waals surface area contributed by atoms with E-state index in [1.807, 2.05) is 0 Å². The van der Waals surface area contributed by atoms with Gasteiger partial charge in [-0.3, -0.25) is 13.7 Å². The number of likely N-dealkylation sites (tertiary alicyclic amines) is 1. The second-order valence-electron chi connectivity index (χ2n) is 4.73. The second-order valence-corrected chi connectivity index (χ2v) is 6.48.